The highest BCUT2D eigenvalue weighted by Crippen LogP contribution is 2.06. The number of nitrogens with one attached hydrogen (secondary N) is 1. The maximum Gasteiger partial charge on any atom is 0.170 e. The lowest BCUT2D eigenvalue weighted by Crippen LogP contribution is -2.12. The van der Waals surface area contributed by atoms with Crippen LogP contribution in [0.2, 0.25) is 0 Å². The number of aromatic nitrogens is 4. The van der Waals surface area contributed by atoms with Gasteiger partial charge in [-0.1, -0.05) is 18.2 Å². The Kier molecular flexibility index (Phi) is 2.51. The average Bonchev–Trinajstić information content (AvgIpc) is 2.68. The minimum Gasteiger partial charge on any atom is -0.313 e. The standard InChI is InChI=1S/C9H11N5/c1-10-7-9-11-12-13-14(9)8-5-3-2-4-6-8/h2-6,10H,7H2,1H3. The molecule has 14 heavy (non-hydrogen) atoms. The molecular formula is C9H11N5. The monoisotopic (exact) mass is 189 g/mol. The van der Waals surface area contributed by atoms with Crippen LogP contribution >= 0.6 is 0 Å². The fourth-order valence-corrected chi connectivity index (χ4v) is 1.24. The quantitative estimate of drug-likeness (QED) is 0.758. The van der Waals surface area contributed by atoms with Crippen LogP contribution in [0.3, 0.4) is 0 Å². The zero-order valence-corrected chi connectivity index (χ0v) is 7.88. The molecule has 5 nitrogen and oxygen atoms in total. The van der Waals surface area contributed by atoms with Crippen molar-refractivity contribution in [3.05, 3.63) is 36.2 Å². The van der Waals surface area contributed by atoms with Crippen LogP contribution in [0.4, 0.5) is 0 Å². The van der Waals surface area contributed by atoms with Gasteiger partial charge in [0.2, 0.25) is 0 Å². The largest absolute Gasteiger partial charge is 0.313 e. The van der Waals surface area contributed by atoms with Crippen molar-refractivity contribution < 1.29 is 0 Å². The number of para-hydroxylation sites is 1. The van der Waals surface area contributed by atoms with Gasteiger partial charge in [0.1, 0.15) is 0 Å². The lowest BCUT2D eigenvalue weighted by atomic mass is 10.3. The van der Waals surface area contributed by atoms with E-state index in [1.807, 2.05) is 37.4 Å². The van der Waals surface area contributed by atoms with E-state index in [4.69, 9.17) is 0 Å². The Bertz CT molecular complexity index is 395. The lowest BCUT2D eigenvalue weighted by Gasteiger charge is -2.02. The first-order valence-corrected chi connectivity index (χ1v) is 4.39. The van der Waals surface area contributed by atoms with Gasteiger partial charge in [-0.05, 0) is 29.6 Å². The van der Waals surface area contributed by atoms with Crippen molar-refractivity contribution in [3.8, 4) is 5.69 Å². The van der Waals surface area contributed by atoms with Gasteiger partial charge >= 0.3 is 0 Å². The predicted octanol–water partition coefficient (Wildman–Crippen LogP) is 0.382. The molecule has 1 heterocycles. The number of hydrogen-bond acceptors (Lipinski definition) is 4. The highest BCUT2D eigenvalue weighted by atomic mass is 15.5. The van der Waals surface area contributed by atoms with Gasteiger partial charge < -0.3 is 5.32 Å². The molecule has 0 aliphatic heterocycles. The minimum absolute atomic E-state index is 0.655. The molecule has 2 aromatic rings. The Hall–Kier alpha value is -1.75. The molecule has 5 heteroatoms. The number of rotatable bonds is 3. The summed E-state index contributed by atoms with van der Waals surface area (Å²) < 4.78 is 1.72. The Morgan fingerprint density at radius 1 is 1.29 bits per heavy atom. The molecule has 0 aliphatic carbocycles. The molecule has 0 bridgehead atoms. The van der Waals surface area contributed by atoms with E-state index in [-0.39, 0.29) is 0 Å². The van der Waals surface area contributed by atoms with Crippen molar-refractivity contribution in [2.24, 2.45) is 0 Å². The van der Waals surface area contributed by atoms with Crippen LogP contribution in [0.5, 0.6) is 0 Å². The van der Waals surface area contributed by atoms with Gasteiger partial charge in [-0.15, -0.1) is 5.10 Å². The number of hydrogen-bond donors (Lipinski definition) is 1. The van der Waals surface area contributed by atoms with E-state index in [0.29, 0.717) is 6.54 Å². The molecule has 0 atom stereocenters. The Morgan fingerprint density at radius 2 is 2.07 bits per heavy atom. The summed E-state index contributed by atoms with van der Waals surface area (Å²) in [7, 11) is 1.87. The number of nitrogens with zero attached hydrogens (tertiary/aromatic N) is 4. The molecular weight excluding hydrogens is 178 g/mol. The summed E-state index contributed by atoms with van der Waals surface area (Å²) in [5.41, 5.74) is 0.975. The second-order valence-electron chi connectivity index (χ2n) is 2.87. The molecule has 0 saturated heterocycles. The van der Waals surface area contributed by atoms with Gasteiger partial charge in [0.05, 0.1) is 12.2 Å². The fraction of sp³-hybridized carbons (Fsp3) is 0.222. The van der Waals surface area contributed by atoms with Crippen LogP contribution < -0.4 is 5.32 Å². The highest BCUT2D eigenvalue weighted by molar-refractivity contribution is 5.30. The van der Waals surface area contributed by atoms with Crippen molar-refractivity contribution in [3.63, 3.8) is 0 Å². The Balaban J connectivity index is 2.37. The molecule has 0 saturated carbocycles. The first-order valence-electron chi connectivity index (χ1n) is 4.39. The molecule has 0 amide bonds. The summed E-state index contributed by atoms with van der Waals surface area (Å²) in [6.45, 7) is 0.655. The van der Waals surface area contributed by atoms with Crippen LogP contribution in [0, 0.1) is 0 Å². The van der Waals surface area contributed by atoms with Crippen molar-refractivity contribution >= 4 is 0 Å². The van der Waals surface area contributed by atoms with Crippen molar-refractivity contribution in [1.29, 1.82) is 0 Å². The van der Waals surface area contributed by atoms with Crippen molar-refractivity contribution in [1.82, 2.24) is 25.5 Å². The van der Waals surface area contributed by atoms with E-state index in [1.54, 1.807) is 4.68 Å². The number of tetrazole rings is 1. The molecule has 1 N–H and O–H groups in total. The number of benzene rings is 1. The summed E-state index contributed by atoms with van der Waals surface area (Å²) in [6, 6.07) is 9.82. The van der Waals surface area contributed by atoms with Crippen molar-refractivity contribution in [2.75, 3.05) is 7.05 Å². The third-order valence-corrected chi connectivity index (χ3v) is 1.87. The van der Waals surface area contributed by atoms with Gasteiger partial charge in [-0.3, -0.25) is 0 Å². The van der Waals surface area contributed by atoms with E-state index >= 15 is 0 Å². The first kappa shape index (κ1) is 8.83. The van der Waals surface area contributed by atoms with Gasteiger partial charge in [-0.25, -0.2) is 0 Å². The van der Waals surface area contributed by atoms with E-state index in [1.165, 1.54) is 0 Å². The van der Waals surface area contributed by atoms with Crippen LogP contribution in [0.15, 0.2) is 30.3 Å². The van der Waals surface area contributed by atoms with E-state index in [2.05, 4.69) is 20.8 Å². The maximum atomic E-state index is 3.92. The molecule has 2 rings (SSSR count). The fourth-order valence-electron chi connectivity index (χ4n) is 1.24. The van der Waals surface area contributed by atoms with Crippen molar-refractivity contribution in [2.45, 2.75) is 6.54 Å². The summed E-state index contributed by atoms with van der Waals surface area (Å²) in [6.07, 6.45) is 0. The summed E-state index contributed by atoms with van der Waals surface area (Å²) in [4.78, 5) is 0. The zero-order chi connectivity index (χ0) is 9.80. The smallest absolute Gasteiger partial charge is 0.170 e. The van der Waals surface area contributed by atoms with Gasteiger partial charge in [0.15, 0.2) is 5.82 Å². The molecule has 0 fully saturated rings. The molecule has 72 valence electrons. The molecule has 0 spiro atoms. The average molecular weight is 189 g/mol. The lowest BCUT2D eigenvalue weighted by molar-refractivity contribution is 0.709. The first-order chi connectivity index (χ1) is 6.92. The molecule has 1 aromatic carbocycles. The maximum absolute atomic E-state index is 3.92. The van der Waals surface area contributed by atoms with Crippen LogP contribution in [0.25, 0.3) is 5.69 Å². The zero-order valence-electron chi connectivity index (χ0n) is 7.88. The third kappa shape index (κ3) is 1.62. The Morgan fingerprint density at radius 3 is 2.79 bits per heavy atom. The molecule has 1 aromatic heterocycles. The normalized spacial score (nSPS) is 10.4. The second-order valence-corrected chi connectivity index (χ2v) is 2.87. The summed E-state index contributed by atoms with van der Waals surface area (Å²) in [5, 5.41) is 14.5. The predicted molar refractivity (Wildman–Crippen MR) is 51.9 cm³/mol. The van der Waals surface area contributed by atoms with Gasteiger partial charge in [0.25, 0.3) is 0 Å². The topological polar surface area (TPSA) is 55.6 Å². The molecule has 0 radical (unpaired) electrons. The summed E-state index contributed by atoms with van der Waals surface area (Å²) >= 11 is 0. The third-order valence-electron chi connectivity index (χ3n) is 1.87. The summed E-state index contributed by atoms with van der Waals surface area (Å²) in [5.74, 6) is 0.804. The second kappa shape index (κ2) is 3.97. The van der Waals surface area contributed by atoms with Crippen LogP contribution in [0.1, 0.15) is 5.82 Å². The molecule has 0 aliphatic rings. The van der Waals surface area contributed by atoms with E-state index < -0.39 is 0 Å². The minimum atomic E-state index is 0.655. The van der Waals surface area contributed by atoms with Gasteiger partial charge in [0, 0.05) is 0 Å². The van der Waals surface area contributed by atoms with E-state index in [9.17, 15) is 0 Å². The highest BCUT2D eigenvalue weighted by Gasteiger charge is 2.05. The van der Waals surface area contributed by atoms with E-state index in [0.717, 1.165) is 11.5 Å². The molecule has 0 unspecified atom stereocenters. The Labute approximate surface area is 81.8 Å². The SMILES string of the molecule is CNCc1nnnn1-c1ccccc1. The van der Waals surface area contributed by atoms with Crippen LogP contribution in [-0.2, 0) is 6.54 Å². The van der Waals surface area contributed by atoms with Crippen LogP contribution in [-0.4, -0.2) is 27.3 Å². The van der Waals surface area contributed by atoms with Gasteiger partial charge in [-0.2, -0.15) is 4.68 Å².